The molecule has 0 aliphatic heterocycles. The molecule has 1 atom stereocenters. The van der Waals surface area contributed by atoms with E-state index in [0.717, 1.165) is 38.5 Å². The van der Waals surface area contributed by atoms with E-state index in [-0.39, 0.29) is 18.5 Å². The SMILES string of the molecule is CCCCCCCCCCCCCCCC(=O)OC(C)(NCC(C)O)OC(=O)CCCCCCCCCCCCCCC.O=S(=O)(O)O. The molecule has 0 spiro atoms. The van der Waals surface area contributed by atoms with Crippen LogP contribution < -0.4 is 5.32 Å². The van der Waals surface area contributed by atoms with Crippen LogP contribution in [-0.4, -0.2) is 53.1 Å². The van der Waals surface area contributed by atoms with E-state index in [1.807, 2.05) is 0 Å². The van der Waals surface area contributed by atoms with Crippen LogP contribution in [0, 0.1) is 0 Å². The van der Waals surface area contributed by atoms with Crippen molar-refractivity contribution in [1.29, 1.82) is 0 Å². The fraction of sp³-hybridized carbons (Fsp3) is 0.946. The maximum atomic E-state index is 12.6. The third-order valence-electron chi connectivity index (χ3n) is 8.30. The Morgan fingerprint density at radius 3 is 1.02 bits per heavy atom. The number of hydrogen-bond donors (Lipinski definition) is 4. The molecule has 0 heterocycles. The Labute approximate surface area is 294 Å². The van der Waals surface area contributed by atoms with Gasteiger partial charge in [0.25, 0.3) is 0 Å². The van der Waals surface area contributed by atoms with Gasteiger partial charge in [-0.25, -0.2) is 5.32 Å². The lowest BCUT2D eigenvalue weighted by Crippen LogP contribution is -2.52. The van der Waals surface area contributed by atoms with Gasteiger partial charge in [0.05, 0.1) is 6.10 Å². The summed E-state index contributed by atoms with van der Waals surface area (Å²) in [6.45, 7) is 7.87. The van der Waals surface area contributed by atoms with Crippen LogP contribution in [0.25, 0.3) is 0 Å². The van der Waals surface area contributed by atoms with Gasteiger partial charge in [0.2, 0.25) is 0 Å². The number of esters is 2. The molecular weight excluding hydrogens is 634 g/mol. The van der Waals surface area contributed by atoms with Crippen LogP contribution in [-0.2, 0) is 29.5 Å². The summed E-state index contributed by atoms with van der Waals surface area (Å²) in [6.07, 6.45) is 32.5. The normalized spacial score (nSPS) is 12.3. The van der Waals surface area contributed by atoms with Crippen LogP contribution in [0.2, 0.25) is 0 Å². The lowest BCUT2D eigenvalue weighted by atomic mass is 10.0. The predicted molar refractivity (Wildman–Crippen MR) is 195 cm³/mol. The summed E-state index contributed by atoms with van der Waals surface area (Å²) < 4.78 is 42.7. The number of rotatable bonds is 33. The second-order valence-electron chi connectivity index (χ2n) is 13.6. The fourth-order valence-electron chi connectivity index (χ4n) is 5.54. The standard InChI is InChI=1S/C37H73NO5.H2O4S/c1-5-7-9-11-13-15-17-19-21-23-25-27-29-31-35(40)42-37(4,38-33-34(3)39)43-36(41)32-30-28-26-24-22-20-18-16-14-12-10-8-6-2;1-5(2,3)4/h34,38-39H,5-33H2,1-4H3;(H2,1,2,3,4). The molecule has 0 aromatic heterocycles. The molecule has 0 rings (SSSR count). The second-order valence-corrected chi connectivity index (χ2v) is 14.5. The van der Waals surface area contributed by atoms with Crippen LogP contribution >= 0.6 is 0 Å². The summed E-state index contributed by atoms with van der Waals surface area (Å²) >= 11 is 0. The number of hydrogen-bond acceptors (Lipinski definition) is 8. The van der Waals surface area contributed by atoms with Crippen LogP contribution in [0.1, 0.15) is 207 Å². The quantitative estimate of drug-likeness (QED) is 0.0223. The molecule has 0 aliphatic carbocycles. The van der Waals surface area contributed by atoms with Gasteiger partial charge in [-0.05, 0) is 19.8 Å². The number of ether oxygens (including phenoxy) is 2. The Hall–Kier alpha value is -1.27. The molecule has 0 amide bonds. The molecule has 0 bridgehead atoms. The summed E-state index contributed by atoms with van der Waals surface area (Å²) in [5, 5.41) is 12.6. The van der Waals surface area contributed by atoms with Crippen molar-refractivity contribution in [3.63, 3.8) is 0 Å². The first kappa shape index (κ1) is 48.8. The Balaban J connectivity index is 0. The largest absolute Gasteiger partial charge is 0.409 e. The van der Waals surface area contributed by atoms with E-state index in [1.54, 1.807) is 13.8 Å². The lowest BCUT2D eigenvalue weighted by Gasteiger charge is -2.30. The zero-order valence-corrected chi connectivity index (χ0v) is 32.1. The summed E-state index contributed by atoms with van der Waals surface area (Å²) in [6, 6.07) is 0. The summed E-state index contributed by atoms with van der Waals surface area (Å²) in [5.74, 6) is -2.31. The highest BCUT2D eigenvalue weighted by molar-refractivity contribution is 7.79. The van der Waals surface area contributed by atoms with E-state index in [4.69, 9.17) is 27.0 Å². The van der Waals surface area contributed by atoms with Crippen molar-refractivity contribution in [2.75, 3.05) is 6.54 Å². The molecule has 288 valence electrons. The average Bonchev–Trinajstić information content (AvgIpc) is 3.00. The van der Waals surface area contributed by atoms with E-state index in [1.165, 1.54) is 128 Å². The summed E-state index contributed by atoms with van der Waals surface area (Å²) in [7, 11) is -4.67. The molecule has 11 heteroatoms. The van der Waals surface area contributed by atoms with Gasteiger partial charge in [0.15, 0.2) is 0 Å². The van der Waals surface area contributed by atoms with Crippen LogP contribution in [0.4, 0.5) is 0 Å². The van der Waals surface area contributed by atoms with Crippen molar-refractivity contribution in [1.82, 2.24) is 5.32 Å². The Bertz CT molecular complexity index is 785. The van der Waals surface area contributed by atoms with E-state index in [2.05, 4.69) is 19.2 Å². The monoisotopic (exact) mass is 710 g/mol. The van der Waals surface area contributed by atoms with E-state index in [0.29, 0.717) is 12.8 Å². The van der Waals surface area contributed by atoms with Crippen LogP contribution in [0.15, 0.2) is 0 Å². The van der Waals surface area contributed by atoms with Gasteiger partial charge in [-0.15, -0.1) is 0 Å². The molecule has 0 radical (unpaired) electrons. The van der Waals surface area contributed by atoms with Crippen molar-refractivity contribution < 1.29 is 41.7 Å². The average molecular weight is 710 g/mol. The zero-order chi connectivity index (χ0) is 36.4. The Morgan fingerprint density at radius 1 is 0.562 bits per heavy atom. The highest BCUT2D eigenvalue weighted by Gasteiger charge is 2.33. The number of nitrogens with one attached hydrogen (secondary N) is 1. The molecule has 0 aromatic rings. The van der Waals surface area contributed by atoms with Gasteiger partial charge in [-0.2, -0.15) is 8.42 Å². The molecule has 0 fully saturated rings. The Morgan fingerprint density at radius 2 is 0.792 bits per heavy atom. The molecule has 48 heavy (non-hydrogen) atoms. The van der Waals surface area contributed by atoms with Gasteiger partial charge in [-0.1, -0.05) is 168 Å². The molecular formula is C37H75NO9S. The number of carbonyl (C=O) groups excluding carboxylic acids is 2. The van der Waals surface area contributed by atoms with Crippen molar-refractivity contribution in [2.24, 2.45) is 0 Å². The first-order valence-corrected chi connectivity index (χ1v) is 20.8. The van der Waals surface area contributed by atoms with Gasteiger partial charge in [0, 0.05) is 26.3 Å². The third kappa shape index (κ3) is 42.8. The van der Waals surface area contributed by atoms with Gasteiger partial charge in [-0.3, -0.25) is 18.7 Å². The Kier molecular flexibility index (Phi) is 34.8. The maximum Gasteiger partial charge on any atom is 0.394 e. The minimum Gasteiger partial charge on any atom is -0.409 e. The second kappa shape index (κ2) is 34.2. The van der Waals surface area contributed by atoms with E-state index >= 15 is 0 Å². The smallest absolute Gasteiger partial charge is 0.394 e. The zero-order valence-electron chi connectivity index (χ0n) is 31.3. The lowest BCUT2D eigenvalue weighted by molar-refractivity contribution is -0.235. The first-order chi connectivity index (χ1) is 22.8. The molecule has 4 N–H and O–H groups in total. The highest BCUT2D eigenvalue weighted by Crippen LogP contribution is 2.17. The van der Waals surface area contributed by atoms with Crippen molar-refractivity contribution >= 4 is 22.3 Å². The molecule has 0 aromatic carbocycles. The summed E-state index contributed by atoms with van der Waals surface area (Å²) in [4.78, 5) is 25.1. The van der Waals surface area contributed by atoms with Crippen molar-refractivity contribution in [3.05, 3.63) is 0 Å². The minimum atomic E-state index is -4.67. The van der Waals surface area contributed by atoms with Crippen LogP contribution in [0.3, 0.4) is 0 Å². The number of unbranched alkanes of at least 4 members (excludes halogenated alkanes) is 24. The first-order valence-electron chi connectivity index (χ1n) is 19.4. The van der Waals surface area contributed by atoms with Crippen LogP contribution in [0.5, 0.6) is 0 Å². The van der Waals surface area contributed by atoms with Gasteiger partial charge >= 0.3 is 28.2 Å². The van der Waals surface area contributed by atoms with E-state index in [9.17, 15) is 14.7 Å². The van der Waals surface area contributed by atoms with E-state index < -0.39 is 22.4 Å². The highest BCUT2D eigenvalue weighted by atomic mass is 32.3. The summed E-state index contributed by atoms with van der Waals surface area (Å²) in [5.41, 5.74) is 0. The molecule has 1 unspecified atom stereocenters. The maximum absolute atomic E-state index is 12.6. The third-order valence-corrected chi connectivity index (χ3v) is 8.30. The molecule has 10 nitrogen and oxygen atoms in total. The van der Waals surface area contributed by atoms with Crippen molar-refractivity contribution in [2.45, 2.75) is 219 Å². The number of carbonyl (C=O) groups is 2. The molecule has 0 aliphatic rings. The molecule has 0 saturated heterocycles. The molecule has 0 saturated carbocycles. The predicted octanol–water partition coefficient (Wildman–Crippen LogP) is 10.0. The number of aliphatic hydroxyl groups is 1. The van der Waals surface area contributed by atoms with Gasteiger partial charge < -0.3 is 14.6 Å². The van der Waals surface area contributed by atoms with Gasteiger partial charge in [0.1, 0.15) is 0 Å². The topological polar surface area (TPSA) is 159 Å². The van der Waals surface area contributed by atoms with Crippen molar-refractivity contribution in [3.8, 4) is 0 Å². The number of aliphatic hydroxyl groups excluding tert-OH is 1. The fourth-order valence-corrected chi connectivity index (χ4v) is 5.54. The minimum absolute atomic E-state index is 0.161.